The molecule has 238 valence electrons. The van der Waals surface area contributed by atoms with Crippen molar-refractivity contribution in [1.29, 1.82) is 0 Å². The van der Waals surface area contributed by atoms with Crippen molar-refractivity contribution in [3.05, 3.63) is 133 Å². The highest BCUT2D eigenvalue weighted by molar-refractivity contribution is 9.10. The third-order valence-electron chi connectivity index (χ3n) is 6.63. The third kappa shape index (κ3) is 6.89. The normalized spacial score (nSPS) is 14.9. The van der Waals surface area contributed by atoms with Gasteiger partial charge in [0, 0.05) is 27.7 Å². The summed E-state index contributed by atoms with van der Waals surface area (Å²) in [6, 6.07) is 12.9. The summed E-state index contributed by atoms with van der Waals surface area (Å²) in [5.74, 6) is -1.03. The Bertz CT molecular complexity index is 2060. The first-order valence-electron chi connectivity index (χ1n) is 13.2. The maximum absolute atomic E-state index is 14.4. The maximum atomic E-state index is 14.4. The fourth-order valence-electron chi connectivity index (χ4n) is 4.65. The molecule has 1 aliphatic rings. The number of nitro benzene ring substituents is 1. The number of nitrogens with zero attached hydrogens (tertiary/aromatic N) is 3. The number of hydrogen-bond donors (Lipinski definition) is 0. The number of fused-ring (bicyclic) bond motifs is 1. The van der Waals surface area contributed by atoms with Crippen molar-refractivity contribution < 1.29 is 32.4 Å². The first kappa shape index (κ1) is 33.4. The first-order chi connectivity index (χ1) is 21.8. The predicted octanol–water partition coefficient (Wildman–Crippen LogP) is 6.90. The van der Waals surface area contributed by atoms with Crippen LogP contribution in [0.4, 0.5) is 18.9 Å². The molecule has 0 spiro atoms. The lowest BCUT2D eigenvalue weighted by Gasteiger charge is -2.26. The van der Waals surface area contributed by atoms with Crippen molar-refractivity contribution in [2.75, 3.05) is 6.61 Å². The van der Waals surface area contributed by atoms with Gasteiger partial charge in [-0.1, -0.05) is 46.7 Å². The summed E-state index contributed by atoms with van der Waals surface area (Å²) in [4.78, 5) is 40.9. The molecule has 46 heavy (non-hydrogen) atoms. The van der Waals surface area contributed by atoms with Crippen LogP contribution < -0.4 is 19.6 Å². The van der Waals surface area contributed by atoms with Crippen LogP contribution in [0.2, 0.25) is 10.0 Å². The van der Waals surface area contributed by atoms with Gasteiger partial charge < -0.3 is 9.47 Å². The number of carbonyl (C=O) groups is 1. The zero-order chi connectivity index (χ0) is 33.3. The SMILES string of the molecule is CCOC(=O)C1=C(C(F)(F)F)N=c2s/c(=C\c3cc(Cl)cc(Br)c3OCc3ccc([N+](=O)[O-])cc3)c(=O)n2[C@@H]1c1ccc(Cl)cc1. The Morgan fingerprint density at radius 3 is 2.41 bits per heavy atom. The number of alkyl halides is 3. The van der Waals surface area contributed by atoms with Crippen LogP contribution in [0.5, 0.6) is 5.75 Å². The van der Waals surface area contributed by atoms with E-state index in [1.54, 1.807) is 6.07 Å². The first-order valence-corrected chi connectivity index (χ1v) is 15.6. The second kappa shape index (κ2) is 13.4. The Kier molecular flexibility index (Phi) is 9.73. The van der Waals surface area contributed by atoms with Crippen molar-refractivity contribution in [2.24, 2.45) is 4.99 Å². The Morgan fingerprint density at radius 2 is 1.80 bits per heavy atom. The van der Waals surface area contributed by atoms with E-state index in [9.17, 15) is 32.9 Å². The average Bonchev–Trinajstić information content (AvgIpc) is 3.30. The molecule has 3 aromatic carbocycles. The third-order valence-corrected chi connectivity index (χ3v) is 8.68. The molecule has 1 atom stereocenters. The van der Waals surface area contributed by atoms with E-state index in [0.29, 0.717) is 32.0 Å². The summed E-state index contributed by atoms with van der Waals surface area (Å²) in [6.07, 6.45) is -3.66. The van der Waals surface area contributed by atoms with Crippen LogP contribution in [0, 0.1) is 10.1 Å². The molecule has 9 nitrogen and oxygen atoms in total. The largest absolute Gasteiger partial charge is 0.487 e. The second-order valence-electron chi connectivity index (χ2n) is 9.63. The van der Waals surface area contributed by atoms with E-state index in [1.165, 1.54) is 67.6 Å². The van der Waals surface area contributed by atoms with E-state index in [1.807, 2.05) is 0 Å². The quantitative estimate of drug-likeness (QED) is 0.110. The number of ether oxygens (including phenoxy) is 2. The smallest absolute Gasteiger partial charge is 0.434 e. The minimum atomic E-state index is -5.06. The summed E-state index contributed by atoms with van der Waals surface area (Å²) in [7, 11) is 0. The molecule has 0 N–H and O–H groups in total. The predicted molar refractivity (Wildman–Crippen MR) is 169 cm³/mol. The summed E-state index contributed by atoms with van der Waals surface area (Å²) in [5, 5.41) is 11.5. The van der Waals surface area contributed by atoms with E-state index >= 15 is 0 Å². The zero-order valence-corrected chi connectivity index (χ0v) is 27.2. The van der Waals surface area contributed by atoms with Crippen LogP contribution >= 0.6 is 50.5 Å². The van der Waals surface area contributed by atoms with Gasteiger partial charge in [-0.05, 0) is 76.5 Å². The Balaban J connectivity index is 1.67. The molecule has 0 saturated carbocycles. The number of rotatable bonds is 8. The molecule has 0 saturated heterocycles. The monoisotopic (exact) mass is 755 g/mol. The molecular formula is C30H19BrCl2F3N3O6S. The topological polar surface area (TPSA) is 113 Å². The van der Waals surface area contributed by atoms with Crippen LogP contribution in [0.15, 0.2) is 86.2 Å². The number of esters is 1. The molecule has 1 aromatic heterocycles. The Morgan fingerprint density at radius 1 is 1.13 bits per heavy atom. The fourth-order valence-corrected chi connectivity index (χ4v) is 6.72. The number of non-ortho nitro benzene ring substituents is 1. The summed E-state index contributed by atoms with van der Waals surface area (Å²) in [5.41, 5.74) is -2.06. The number of hydrogen-bond acceptors (Lipinski definition) is 8. The Labute approximate surface area is 280 Å². The highest BCUT2D eigenvalue weighted by Gasteiger charge is 2.45. The van der Waals surface area contributed by atoms with E-state index in [0.717, 1.165) is 4.57 Å². The van der Waals surface area contributed by atoms with Gasteiger partial charge in [-0.25, -0.2) is 9.79 Å². The number of allylic oxidation sites excluding steroid dienone is 1. The van der Waals surface area contributed by atoms with Gasteiger partial charge in [-0.2, -0.15) is 13.2 Å². The maximum Gasteiger partial charge on any atom is 0.434 e. The molecule has 0 amide bonds. The minimum absolute atomic E-state index is 0.0191. The summed E-state index contributed by atoms with van der Waals surface area (Å²) >= 11 is 16.4. The van der Waals surface area contributed by atoms with Gasteiger partial charge in [0.15, 0.2) is 10.5 Å². The van der Waals surface area contributed by atoms with Crippen molar-refractivity contribution in [3.8, 4) is 5.75 Å². The van der Waals surface area contributed by atoms with E-state index in [2.05, 4.69) is 20.9 Å². The number of halogens is 6. The van der Waals surface area contributed by atoms with Crippen molar-refractivity contribution in [1.82, 2.24) is 4.57 Å². The highest BCUT2D eigenvalue weighted by atomic mass is 79.9. The minimum Gasteiger partial charge on any atom is -0.487 e. The second-order valence-corrected chi connectivity index (χ2v) is 12.4. The number of benzene rings is 3. The van der Waals surface area contributed by atoms with E-state index < -0.39 is 39.9 Å². The van der Waals surface area contributed by atoms with Gasteiger partial charge in [-0.3, -0.25) is 19.5 Å². The van der Waals surface area contributed by atoms with Crippen LogP contribution in [0.25, 0.3) is 6.08 Å². The van der Waals surface area contributed by atoms with Gasteiger partial charge in [-0.15, -0.1) is 0 Å². The van der Waals surface area contributed by atoms with Crippen LogP contribution in [-0.2, 0) is 16.1 Å². The molecule has 0 unspecified atom stereocenters. The fraction of sp³-hybridized carbons (Fsp3) is 0.167. The van der Waals surface area contributed by atoms with Crippen LogP contribution in [0.3, 0.4) is 0 Å². The van der Waals surface area contributed by atoms with Crippen molar-refractivity contribution >= 4 is 68.2 Å². The molecule has 0 radical (unpaired) electrons. The van der Waals surface area contributed by atoms with Gasteiger partial charge in [0.05, 0.1) is 32.2 Å². The molecular weight excluding hydrogens is 738 g/mol. The molecule has 2 heterocycles. The lowest BCUT2D eigenvalue weighted by Crippen LogP contribution is -2.41. The zero-order valence-electron chi connectivity index (χ0n) is 23.3. The summed E-state index contributed by atoms with van der Waals surface area (Å²) < 4.78 is 55.5. The Hall–Kier alpha value is -3.98. The van der Waals surface area contributed by atoms with Gasteiger partial charge in [0.25, 0.3) is 11.2 Å². The number of carbonyl (C=O) groups excluding carboxylic acids is 1. The van der Waals surface area contributed by atoms with Gasteiger partial charge in [0.1, 0.15) is 12.4 Å². The molecule has 1 aliphatic heterocycles. The van der Waals surface area contributed by atoms with Crippen molar-refractivity contribution in [2.45, 2.75) is 25.7 Å². The molecule has 5 rings (SSSR count). The number of thiazole rings is 1. The van der Waals surface area contributed by atoms with Gasteiger partial charge >= 0.3 is 12.1 Å². The highest BCUT2D eigenvalue weighted by Crippen LogP contribution is 2.39. The molecule has 0 aliphatic carbocycles. The molecule has 0 fully saturated rings. The van der Waals surface area contributed by atoms with Crippen molar-refractivity contribution in [3.63, 3.8) is 0 Å². The van der Waals surface area contributed by atoms with E-state index in [4.69, 9.17) is 32.7 Å². The lowest BCUT2D eigenvalue weighted by molar-refractivity contribution is -0.384. The lowest BCUT2D eigenvalue weighted by atomic mass is 9.95. The standard InChI is InChI=1S/C30H19BrCl2F3N3O6S/c1-2-44-28(41)23-24(16-5-7-18(32)8-6-16)38-27(40)22(46-29(38)37-26(23)30(34,35)36)12-17-11-19(33)13-21(31)25(17)45-14-15-3-9-20(10-4-15)39(42)43/h3-13,24H,2,14H2,1H3/b22-12-/t24-/m1/s1. The molecule has 0 bridgehead atoms. The van der Waals surface area contributed by atoms with Crippen LogP contribution in [-0.4, -0.2) is 28.2 Å². The van der Waals surface area contributed by atoms with E-state index in [-0.39, 0.29) is 44.6 Å². The summed E-state index contributed by atoms with van der Waals surface area (Å²) in [6.45, 7) is 1.22. The van der Waals surface area contributed by atoms with Crippen LogP contribution in [0.1, 0.15) is 29.7 Å². The number of aromatic nitrogens is 1. The van der Waals surface area contributed by atoms with Gasteiger partial charge in [0.2, 0.25) is 0 Å². The molecule has 16 heteroatoms. The number of nitro groups is 1. The average molecular weight is 757 g/mol. The molecule has 4 aromatic rings.